The van der Waals surface area contributed by atoms with Crippen LogP contribution in [0.5, 0.6) is 11.5 Å². The molecule has 1 aromatic heterocycles. The maximum absolute atomic E-state index is 11.5. The molecule has 2 aromatic rings. The highest BCUT2D eigenvalue weighted by Gasteiger charge is 2.11. The Balaban J connectivity index is 2.08. The average molecular weight is 365 g/mol. The van der Waals surface area contributed by atoms with Gasteiger partial charge >= 0.3 is 0 Å². The molecule has 0 aliphatic carbocycles. The molecular formula is C16H19N3O3S2. The monoisotopic (exact) mass is 365 g/mol. The van der Waals surface area contributed by atoms with Crippen molar-refractivity contribution in [2.24, 2.45) is 0 Å². The third kappa shape index (κ3) is 4.65. The molecule has 0 bridgehead atoms. The number of thiocarbonyl (C=S) groups is 1. The quantitative estimate of drug-likeness (QED) is 0.764. The van der Waals surface area contributed by atoms with Crippen LogP contribution in [-0.4, -0.2) is 30.2 Å². The Kier molecular flexibility index (Phi) is 6.51. The van der Waals surface area contributed by atoms with Crippen molar-refractivity contribution in [3.05, 3.63) is 23.6 Å². The number of hydrogen-bond donors (Lipinski definition) is 2. The maximum atomic E-state index is 11.5. The van der Waals surface area contributed by atoms with Crippen LogP contribution in [0.15, 0.2) is 23.6 Å². The van der Waals surface area contributed by atoms with E-state index in [2.05, 4.69) is 15.6 Å². The molecule has 128 valence electrons. The summed E-state index contributed by atoms with van der Waals surface area (Å²) in [5.74, 6) is 1.20. The molecule has 0 aliphatic rings. The first-order chi connectivity index (χ1) is 11.6. The summed E-state index contributed by atoms with van der Waals surface area (Å²) < 4.78 is 10.5. The maximum Gasteiger partial charge on any atom is 0.226 e. The minimum atomic E-state index is -0.105. The molecule has 0 radical (unpaired) electrons. The number of carbonyl (C=O) groups excluding carboxylic acids is 1. The molecule has 0 spiro atoms. The van der Waals surface area contributed by atoms with Crippen LogP contribution in [0.1, 0.15) is 19.8 Å². The number of nitrogens with one attached hydrogen (secondary N) is 2. The van der Waals surface area contributed by atoms with E-state index in [1.165, 1.54) is 11.3 Å². The zero-order chi connectivity index (χ0) is 17.5. The number of nitrogens with zero attached hydrogens (tertiary/aromatic N) is 1. The molecule has 1 heterocycles. The fraction of sp³-hybridized carbons (Fsp3) is 0.312. The lowest BCUT2D eigenvalue weighted by atomic mass is 10.1. The standard InChI is InChI=1S/C16H19N3O3S2/c1-4-5-14(20)18-15(23)19-16-17-11(9-24-16)10-6-7-12(21-2)13(8-10)22-3/h6-9H,4-5H2,1-3H3,(H2,17,18,19,20,23). The van der Waals surface area contributed by atoms with Gasteiger partial charge in [-0.05, 0) is 36.8 Å². The Morgan fingerprint density at radius 2 is 2.04 bits per heavy atom. The Hall–Kier alpha value is -2.19. The smallest absolute Gasteiger partial charge is 0.226 e. The third-order valence-corrected chi connectivity index (χ3v) is 4.10. The Labute approximate surface area is 150 Å². The number of methoxy groups -OCH3 is 2. The van der Waals surface area contributed by atoms with Crippen molar-refractivity contribution in [3.63, 3.8) is 0 Å². The van der Waals surface area contributed by atoms with Gasteiger partial charge in [0, 0.05) is 17.4 Å². The summed E-state index contributed by atoms with van der Waals surface area (Å²) in [5, 5.41) is 8.31. The summed E-state index contributed by atoms with van der Waals surface area (Å²) >= 11 is 6.52. The van der Waals surface area contributed by atoms with Gasteiger partial charge in [-0.2, -0.15) is 0 Å². The van der Waals surface area contributed by atoms with E-state index >= 15 is 0 Å². The molecule has 1 aromatic carbocycles. The van der Waals surface area contributed by atoms with Crippen LogP contribution in [-0.2, 0) is 4.79 Å². The summed E-state index contributed by atoms with van der Waals surface area (Å²) in [7, 11) is 3.18. The van der Waals surface area contributed by atoms with Gasteiger partial charge in [-0.1, -0.05) is 6.92 Å². The molecular weight excluding hydrogens is 346 g/mol. The number of aromatic nitrogens is 1. The van der Waals surface area contributed by atoms with E-state index in [-0.39, 0.29) is 11.0 Å². The van der Waals surface area contributed by atoms with E-state index in [0.29, 0.717) is 23.1 Å². The molecule has 0 unspecified atom stereocenters. The highest BCUT2D eigenvalue weighted by atomic mass is 32.1. The van der Waals surface area contributed by atoms with Gasteiger partial charge in [0.2, 0.25) is 5.91 Å². The first-order valence-electron chi connectivity index (χ1n) is 7.36. The molecule has 2 rings (SSSR count). The second-order valence-corrected chi connectivity index (χ2v) is 6.13. The number of hydrogen-bond acceptors (Lipinski definition) is 6. The molecule has 2 N–H and O–H groups in total. The molecule has 1 amide bonds. The minimum Gasteiger partial charge on any atom is -0.493 e. The number of anilines is 1. The van der Waals surface area contributed by atoms with Gasteiger partial charge < -0.3 is 20.1 Å². The zero-order valence-electron chi connectivity index (χ0n) is 13.7. The van der Waals surface area contributed by atoms with Crippen molar-refractivity contribution in [2.75, 3.05) is 19.5 Å². The van der Waals surface area contributed by atoms with E-state index in [9.17, 15) is 4.79 Å². The molecule has 0 saturated carbocycles. The Morgan fingerprint density at radius 3 is 2.71 bits per heavy atom. The predicted octanol–water partition coefficient (Wildman–Crippen LogP) is 3.44. The summed E-state index contributed by atoms with van der Waals surface area (Å²) in [6.45, 7) is 1.94. The first kappa shape index (κ1) is 18.2. The summed E-state index contributed by atoms with van der Waals surface area (Å²) in [5.41, 5.74) is 1.68. The van der Waals surface area contributed by atoms with E-state index < -0.39 is 0 Å². The van der Waals surface area contributed by atoms with Crippen molar-refractivity contribution in [3.8, 4) is 22.8 Å². The lowest BCUT2D eigenvalue weighted by molar-refractivity contribution is -0.119. The van der Waals surface area contributed by atoms with Crippen LogP contribution in [0.25, 0.3) is 11.3 Å². The predicted molar refractivity (Wildman–Crippen MR) is 99.9 cm³/mol. The van der Waals surface area contributed by atoms with Crippen molar-refractivity contribution < 1.29 is 14.3 Å². The number of ether oxygens (including phenoxy) is 2. The number of thiazole rings is 1. The van der Waals surface area contributed by atoms with Gasteiger partial charge in [-0.3, -0.25) is 4.79 Å². The van der Waals surface area contributed by atoms with Gasteiger partial charge in [-0.15, -0.1) is 11.3 Å². The van der Waals surface area contributed by atoms with Crippen LogP contribution in [0, 0.1) is 0 Å². The number of carbonyl (C=O) groups is 1. The minimum absolute atomic E-state index is 0.105. The lowest BCUT2D eigenvalue weighted by Crippen LogP contribution is -2.33. The molecule has 6 nitrogen and oxygen atoms in total. The van der Waals surface area contributed by atoms with Gasteiger partial charge in [0.05, 0.1) is 19.9 Å². The molecule has 8 heteroatoms. The van der Waals surface area contributed by atoms with Gasteiger partial charge in [0.1, 0.15) is 0 Å². The van der Waals surface area contributed by atoms with E-state index in [0.717, 1.165) is 17.7 Å². The highest BCUT2D eigenvalue weighted by molar-refractivity contribution is 7.80. The summed E-state index contributed by atoms with van der Waals surface area (Å²) in [4.78, 5) is 16.0. The van der Waals surface area contributed by atoms with Crippen molar-refractivity contribution in [2.45, 2.75) is 19.8 Å². The van der Waals surface area contributed by atoms with E-state index in [1.54, 1.807) is 14.2 Å². The summed E-state index contributed by atoms with van der Waals surface area (Å²) in [6, 6.07) is 5.59. The fourth-order valence-corrected chi connectivity index (χ4v) is 3.00. The van der Waals surface area contributed by atoms with Crippen LogP contribution >= 0.6 is 23.6 Å². The molecule has 0 saturated heterocycles. The van der Waals surface area contributed by atoms with Crippen LogP contribution in [0.4, 0.5) is 5.13 Å². The molecule has 24 heavy (non-hydrogen) atoms. The highest BCUT2D eigenvalue weighted by Crippen LogP contribution is 2.33. The van der Waals surface area contributed by atoms with Gasteiger partial charge in [0.15, 0.2) is 21.7 Å². The van der Waals surface area contributed by atoms with Crippen LogP contribution in [0.3, 0.4) is 0 Å². The van der Waals surface area contributed by atoms with Gasteiger partial charge in [-0.25, -0.2) is 4.98 Å². The van der Waals surface area contributed by atoms with Crippen molar-refractivity contribution in [1.82, 2.24) is 10.3 Å². The second kappa shape index (κ2) is 8.60. The van der Waals surface area contributed by atoms with Gasteiger partial charge in [0.25, 0.3) is 0 Å². The third-order valence-electron chi connectivity index (χ3n) is 3.13. The molecule has 0 fully saturated rings. The Bertz CT molecular complexity index is 731. The normalized spacial score (nSPS) is 10.1. The number of rotatable bonds is 6. The lowest BCUT2D eigenvalue weighted by Gasteiger charge is -2.08. The summed E-state index contributed by atoms with van der Waals surface area (Å²) in [6.07, 6.45) is 1.21. The van der Waals surface area contributed by atoms with E-state index in [4.69, 9.17) is 21.7 Å². The fourth-order valence-electron chi connectivity index (χ4n) is 2.00. The van der Waals surface area contributed by atoms with E-state index in [1.807, 2.05) is 30.5 Å². The van der Waals surface area contributed by atoms with Crippen molar-refractivity contribution >= 4 is 39.7 Å². The number of amides is 1. The molecule has 0 aliphatic heterocycles. The number of benzene rings is 1. The second-order valence-electron chi connectivity index (χ2n) is 4.86. The van der Waals surface area contributed by atoms with Crippen molar-refractivity contribution in [1.29, 1.82) is 0 Å². The SMILES string of the molecule is CCCC(=O)NC(=S)Nc1nc(-c2ccc(OC)c(OC)c2)cs1. The molecule has 0 atom stereocenters. The Morgan fingerprint density at radius 1 is 1.29 bits per heavy atom. The topological polar surface area (TPSA) is 72.5 Å². The van der Waals surface area contributed by atoms with Crippen LogP contribution in [0.2, 0.25) is 0 Å². The zero-order valence-corrected chi connectivity index (χ0v) is 15.3. The van der Waals surface area contributed by atoms with Crippen LogP contribution < -0.4 is 20.1 Å². The first-order valence-corrected chi connectivity index (χ1v) is 8.65. The average Bonchev–Trinajstić information content (AvgIpc) is 3.02. The largest absolute Gasteiger partial charge is 0.493 e.